The summed E-state index contributed by atoms with van der Waals surface area (Å²) in [6.07, 6.45) is 1.80. The lowest BCUT2D eigenvalue weighted by atomic mass is 10.0. The molecule has 0 atom stereocenters. The maximum atomic E-state index is 5.61. The number of nitrogens with zero attached hydrogens (tertiary/aromatic N) is 2. The van der Waals surface area contributed by atoms with Crippen LogP contribution in [-0.4, -0.2) is 37.6 Å². The molecule has 1 N–H and O–H groups in total. The van der Waals surface area contributed by atoms with E-state index < -0.39 is 0 Å². The first-order chi connectivity index (χ1) is 11.3. The molecule has 0 amide bonds. The Morgan fingerprint density at radius 2 is 2.13 bits per heavy atom. The number of hydrogen-bond acceptors (Lipinski definition) is 5. The summed E-state index contributed by atoms with van der Waals surface area (Å²) in [7, 11) is 1.69. The first-order valence-electron chi connectivity index (χ1n) is 7.81. The molecule has 0 unspecified atom stereocenters. The summed E-state index contributed by atoms with van der Waals surface area (Å²) in [6, 6.07) is 10.2. The summed E-state index contributed by atoms with van der Waals surface area (Å²) < 4.78 is 10.7. The second-order valence-corrected chi connectivity index (χ2v) is 5.27. The summed E-state index contributed by atoms with van der Waals surface area (Å²) >= 11 is 0. The van der Waals surface area contributed by atoms with Crippen LogP contribution in [0.1, 0.15) is 23.6 Å². The zero-order chi connectivity index (χ0) is 16.1. The molecule has 23 heavy (non-hydrogen) atoms. The van der Waals surface area contributed by atoms with E-state index in [1.165, 1.54) is 5.56 Å². The van der Waals surface area contributed by atoms with Crippen molar-refractivity contribution in [2.75, 3.05) is 32.2 Å². The number of benzene rings is 1. The minimum Gasteiger partial charge on any atom is -0.494 e. The van der Waals surface area contributed by atoms with E-state index in [0.29, 0.717) is 19.8 Å². The fraction of sp³-hybridized carbons (Fsp3) is 0.333. The van der Waals surface area contributed by atoms with Gasteiger partial charge in [-0.05, 0) is 36.8 Å². The molecule has 1 aliphatic rings. The van der Waals surface area contributed by atoms with Crippen LogP contribution in [0.5, 0.6) is 5.75 Å². The van der Waals surface area contributed by atoms with Crippen LogP contribution in [0.15, 0.2) is 41.5 Å². The largest absolute Gasteiger partial charge is 0.494 e. The SMILES string of the molecule is CCOc1ccc2c(c1)C(c1ccnc(NCCOC)c1)=NC2. The third-order valence-corrected chi connectivity index (χ3v) is 3.70. The Hall–Kier alpha value is -2.40. The van der Waals surface area contributed by atoms with Gasteiger partial charge in [-0.2, -0.15) is 0 Å². The highest BCUT2D eigenvalue weighted by Gasteiger charge is 2.18. The van der Waals surface area contributed by atoms with Crippen LogP contribution in [0.25, 0.3) is 0 Å². The summed E-state index contributed by atoms with van der Waals surface area (Å²) in [4.78, 5) is 9.03. The molecular formula is C18H21N3O2. The standard InChI is InChI=1S/C18H21N3O2/c1-3-23-15-5-4-14-12-21-18(16(14)11-15)13-6-7-19-17(10-13)20-8-9-22-2/h4-7,10-11H,3,8-9,12H2,1-2H3,(H,19,20). The van der Waals surface area contributed by atoms with E-state index in [4.69, 9.17) is 14.5 Å². The maximum Gasteiger partial charge on any atom is 0.126 e. The predicted octanol–water partition coefficient (Wildman–Crippen LogP) is 2.89. The van der Waals surface area contributed by atoms with Gasteiger partial charge in [-0.25, -0.2) is 4.98 Å². The highest BCUT2D eigenvalue weighted by Crippen LogP contribution is 2.27. The first kappa shape index (κ1) is 15.5. The second-order valence-electron chi connectivity index (χ2n) is 5.27. The monoisotopic (exact) mass is 311 g/mol. The lowest BCUT2D eigenvalue weighted by Gasteiger charge is -2.09. The molecule has 2 aromatic rings. The zero-order valence-corrected chi connectivity index (χ0v) is 13.5. The quantitative estimate of drug-likeness (QED) is 0.799. The van der Waals surface area contributed by atoms with Gasteiger partial charge in [0, 0.05) is 31.0 Å². The van der Waals surface area contributed by atoms with Gasteiger partial charge in [-0.15, -0.1) is 0 Å². The summed E-state index contributed by atoms with van der Waals surface area (Å²) in [5.41, 5.74) is 4.44. The van der Waals surface area contributed by atoms with Crippen molar-refractivity contribution in [2.24, 2.45) is 4.99 Å². The molecule has 0 bridgehead atoms. The topological polar surface area (TPSA) is 55.7 Å². The summed E-state index contributed by atoms with van der Waals surface area (Å²) in [5, 5.41) is 3.25. The highest BCUT2D eigenvalue weighted by molar-refractivity contribution is 6.15. The molecule has 120 valence electrons. The summed E-state index contributed by atoms with van der Waals surface area (Å²) in [5.74, 6) is 1.71. The van der Waals surface area contributed by atoms with Crippen LogP contribution >= 0.6 is 0 Å². The van der Waals surface area contributed by atoms with Gasteiger partial charge < -0.3 is 14.8 Å². The highest BCUT2D eigenvalue weighted by atomic mass is 16.5. The molecule has 0 saturated heterocycles. The molecule has 1 aromatic heterocycles. The third-order valence-electron chi connectivity index (χ3n) is 3.70. The summed E-state index contributed by atoms with van der Waals surface area (Å²) in [6.45, 7) is 4.74. The van der Waals surface area contributed by atoms with Gasteiger partial charge in [-0.3, -0.25) is 4.99 Å². The van der Waals surface area contributed by atoms with E-state index in [2.05, 4.69) is 22.4 Å². The van der Waals surface area contributed by atoms with Gasteiger partial charge in [0.15, 0.2) is 0 Å². The molecule has 2 heterocycles. The van der Waals surface area contributed by atoms with Gasteiger partial charge in [-0.1, -0.05) is 6.07 Å². The normalized spacial score (nSPS) is 12.7. The Balaban J connectivity index is 1.84. The van der Waals surface area contributed by atoms with Crippen LogP contribution in [0.2, 0.25) is 0 Å². The van der Waals surface area contributed by atoms with E-state index in [-0.39, 0.29) is 0 Å². The van der Waals surface area contributed by atoms with Crippen molar-refractivity contribution in [3.05, 3.63) is 53.2 Å². The molecule has 5 heteroatoms. The number of aliphatic imine (C=N–C) groups is 1. The van der Waals surface area contributed by atoms with Crippen LogP contribution in [0.4, 0.5) is 5.82 Å². The number of pyridine rings is 1. The van der Waals surface area contributed by atoms with Crippen molar-refractivity contribution >= 4 is 11.5 Å². The molecule has 1 aromatic carbocycles. The van der Waals surface area contributed by atoms with Gasteiger partial charge in [0.1, 0.15) is 11.6 Å². The van der Waals surface area contributed by atoms with E-state index >= 15 is 0 Å². The minimum absolute atomic E-state index is 0.646. The van der Waals surface area contributed by atoms with Crippen LogP contribution in [0, 0.1) is 0 Å². The average Bonchev–Trinajstić information content (AvgIpc) is 2.99. The predicted molar refractivity (Wildman–Crippen MR) is 91.6 cm³/mol. The third kappa shape index (κ3) is 3.51. The van der Waals surface area contributed by atoms with Crippen molar-refractivity contribution in [1.82, 2.24) is 4.98 Å². The van der Waals surface area contributed by atoms with E-state index in [1.54, 1.807) is 13.3 Å². The number of methoxy groups -OCH3 is 1. The fourth-order valence-corrected chi connectivity index (χ4v) is 2.62. The molecule has 1 aliphatic heterocycles. The molecule has 5 nitrogen and oxygen atoms in total. The van der Waals surface area contributed by atoms with E-state index in [0.717, 1.165) is 35.0 Å². The van der Waals surface area contributed by atoms with Gasteiger partial charge in [0.2, 0.25) is 0 Å². The van der Waals surface area contributed by atoms with Crippen LogP contribution in [0.3, 0.4) is 0 Å². The van der Waals surface area contributed by atoms with Gasteiger partial charge >= 0.3 is 0 Å². The van der Waals surface area contributed by atoms with Crippen molar-refractivity contribution in [1.29, 1.82) is 0 Å². The van der Waals surface area contributed by atoms with Crippen molar-refractivity contribution in [2.45, 2.75) is 13.5 Å². The smallest absolute Gasteiger partial charge is 0.126 e. The Kier molecular flexibility index (Phi) is 4.88. The van der Waals surface area contributed by atoms with Gasteiger partial charge in [0.25, 0.3) is 0 Å². The number of hydrogen-bond donors (Lipinski definition) is 1. The number of nitrogens with one attached hydrogen (secondary N) is 1. The Labute approximate surface area is 136 Å². The van der Waals surface area contributed by atoms with Crippen molar-refractivity contribution in [3.8, 4) is 5.75 Å². The van der Waals surface area contributed by atoms with Crippen LogP contribution in [-0.2, 0) is 11.3 Å². The number of aromatic nitrogens is 1. The number of anilines is 1. The minimum atomic E-state index is 0.646. The molecule has 3 rings (SSSR count). The molecule has 0 aliphatic carbocycles. The van der Waals surface area contributed by atoms with Crippen LogP contribution < -0.4 is 10.1 Å². The molecule has 0 radical (unpaired) electrons. The van der Waals surface area contributed by atoms with Gasteiger partial charge in [0.05, 0.1) is 25.5 Å². The Bertz CT molecular complexity index is 713. The Morgan fingerprint density at radius 3 is 2.96 bits per heavy atom. The lowest BCUT2D eigenvalue weighted by Crippen LogP contribution is -2.10. The van der Waals surface area contributed by atoms with E-state index in [9.17, 15) is 0 Å². The average molecular weight is 311 g/mol. The second kappa shape index (κ2) is 7.24. The maximum absolute atomic E-state index is 5.61. The van der Waals surface area contributed by atoms with E-state index in [1.807, 2.05) is 25.1 Å². The van der Waals surface area contributed by atoms with Crippen molar-refractivity contribution < 1.29 is 9.47 Å². The fourth-order valence-electron chi connectivity index (χ4n) is 2.62. The lowest BCUT2D eigenvalue weighted by molar-refractivity contribution is 0.210. The zero-order valence-electron chi connectivity index (χ0n) is 13.5. The molecular weight excluding hydrogens is 290 g/mol. The molecule has 0 fully saturated rings. The Morgan fingerprint density at radius 1 is 1.22 bits per heavy atom. The number of rotatable bonds is 7. The number of fused-ring (bicyclic) bond motifs is 1. The molecule has 0 spiro atoms. The first-order valence-corrected chi connectivity index (χ1v) is 7.81. The molecule has 0 saturated carbocycles. The van der Waals surface area contributed by atoms with Crippen molar-refractivity contribution in [3.63, 3.8) is 0 Å². The number of ether oxygens (including phenoxy) is 2.